The van der Waals surface area contributed by atoms with Gasteiger partial charge in [-0.2, -0.15) is 0 Å². The molecule has 2 heterocycles. The number of benzene rings is 2. The zero-order valence-corrected chi connectivity index (χ0v) is 14.8. The molecule has 1 unspecified atom stereocenters. The Morgan fingerprint density at radius 3 is 2.59 bits per heavy atom. The lowest BCUT2D eigenvalue weighted by atomic mass is 9.89. The summed E-state index contributed by atoms with van der Waals surface area (Å²) >= 11 is 0. The number of phenolic OH excluding ortho intramolecular Hbond substituents is 1. The number of nitrogens with one attached hydrogen (secondary N) is 2. The first-order valence-electron chi connectivity index (χ1n) is 8.47. The summed E-state index contributed by atoms with van der Waals surface area (Å²) in [6.45, 7) is 4.92. The molecule has 7 heteroatoms. The number of ether oxygens (including phenoxy) is 1. The van der Waals surface area contributed by atoms with E-state index < -0.39 is 17.5 Å². The molecule has 4 rings (SSSR count). The Morgan fingerprint density at radius 2 is 1.96 bits per heavy atom. The van der Waals surface area contributed by atoms with Gasteiger partial charge in [-0.05, 0) is 41.5 Å². The number of nitrogens with zero attached hydrogens (tertiary/aromatic N) is 1. The zero-order valence-electron chi connectivity index (χ0n) is 14.8. The van der Waals surface area contributed by atoms with Crippen LogP contribution < -0.4 is 15.4 Å². The van der Waals surface area contributed by atoms with E-state index in [1.54, 1.807) is 19.2 Å². The van der Waals surface area contributed by atoms with Gasteiger partial charge in [0, 0.05) is 17.8 Å². The number of hydrogen-bond donors (Lipinski definition) is 3. The van der Waals surface area contributed by atoms with Gasteiger partial charge < -0.3 is 20.1 Å². The molecule has 3 N–H and O–H groups in total. The molecule has 7 nitrogen and oxygen atoms in total. The molecule has 0 saturated carbocycles. The minimum atomic E-state index is -1.26. The summed E-state index contributed by atoms with van der Waals surface area (Å²) in [6, 6.07) is 11.5. The Balaban J connectivity index is 1.69. The van der Waals surface area contributed by atoms with Crippen LogP contribution in [-0.4, -0.2) is 35.6 Å². The predicted molar refractivity (Wildman–Crippen MR) is 98.9 cm³/mol. The lowest BCUT2D eigenvalue weighted by molar-refractivity contribution is -0.124. The molecular formula is C20H19N3O4. The van der Waals surface area contributed by atoms with Gasteiger partial charge in [-0.3, -0.25) is 10.1 Å². The standard InChI is InChI=1S/C20H19N3O4/c1-12-17-8-7-16(27-2)9-13(17)10-23(12)11-20(18(25)21-19(26)22-20)14-3-5-15(24)6-4-14/h3-9,24H,1,10-11H2,2H3,(H2,21,22,25,26). The minimum Gasteiger partial charge on any atom is -0.508 e. The van der Waals surface area contributed by atoms with Crippen LogP contribution in [-0.2, 0) is 16.9 Å². The van der Waals surface area contributed by atoms with E-state index in [1.807, 2.05) is 23.1 Å². The first kappa shape index (κ1) is 17.0. The molecule has 2 aromatic carbocycles. The van der Waals surface area contributed by atoms with Crippen molar-refractivity contribution >= 4 is 17.6 Å². The van der Waals surface area contributed by atoms with Crippen LogP contribution in [0.15, 0.2) is 49.0 Å². The summed E-state index contributed by atoms with van der Waals surface area (Å²) in [5.41, 5.74) is 2.14. The van der Waals surface area contributed by atoms with E-state index in [0.29, 0.717) is 12.1 Å². The van der Waals surface area contributed by atoms with Crippen molar-refractivity contribution in [2.24, 2.45) is 0 Å². The highest BCUT2D eigenvalue weighted by Gasteiger charge is 2.49. The Labute approximate surface area is 156 Å². The van der Waals surface area contributed by atoms with Crippen LogP contribution >= 0.6 is 0 Å². The average Bonchev–Trinajstić information content (AvgIpc) is 3.11. The Morgan fingerprint density at radius 1 is 1.22 bits per heavy atom. The monoisotopic (exact) mass is 365 g/mol. The van der Waals surface area contributed by atoms with Crippen LogP contribution in [0.4, 0.5) is 4.79 Å². The normalized spacial score (nSPS) is 21.1. The number of amides is 3. The lowest BCUT2D eigenvalue weighted by Gasteiger charge is -2.32. The molecule has 0 bridgehead atoms. The smallest absolute Gasteiger partial charge is 0.322 e. The second kappa shape index (κ2) is 6.05. The first-order chi connectivity index (χ1) is 12.9. The molecule has 0 radical (unpaired) electrons. The number of imide groups is 1. The van der Waals surface area contributed by atoms with Crippen LogP contribution in [0, 0.1) is 0 Å². The number of aromatic hydroxyl groups is 1. The maximum absolute atomic E-state index is 12.7. The van der Waals surface area contributed by atoms with E-state index in [-0.39, 0.29) is 12.3 Å². The maximum Gasteiger partial charge on any atom is 0.322 e. The third-order valence-electron chi connectivity index (χ3n) is 5.10. The molecule has 3 amide bonds. The van der Waals surface area contributed by atoms with E-state index >= 15 is 0 Å². The summed E-state index contributed by atoms with van der Waals surface area (Å²) in [5, 5.41) is 14.7. The largest absolute Gasteiger partial charge is 0.508 e. The highest BCUT2D eigenvalue weighted by molar-refractivity contribution is 6.07. The summed E-state index contributed by atoms with van der Waals surface area (Å²) in [4.78, 5) is 26.6. The Kier molecular flexibility index (Phi) is 3.80. The van der Waals surface area contributed by atoms with Gasteiger partial charge in [0.2, 0.25) is 0 Å². The molecule has 0 spiro atoms. The van der Waals surface area contributed by atoms with Gasteiger partial charge in [-0.15, -0.1) is 0 Å². The molecular weight excluding hydrogens is 346 g/mol. The van der Waals surface area contributed by atoms with Gasteiger partial charge in [0.25, 0.3) is 5.91 Å². The van der Waals surface area contributed by atoms with Gasteiger partial charge in [0.1, 0.15) is 11.5 Å². The van der Waals surface area contributed by atoms with Crippen LogP contribution in [0.2, 0.25) is 0 Å². The maximum atomic E-state index is 12.7. The Hall–Kier alpha value is -3.48. The van der Waals surface area contributed by atoms with Crippen molar-refractivity contribution in [3.05, 3.63) is 65.7 Å². The third kappa shape index (κ3) is 2.68. The number of urea groups is 1. The van der Waals surface area contributed by atoms with Crippen LogP contribution in [0.5, 0.6) is 11.5 Å². The van der Waals surface area contributed by atoms with E-state index in [0.717, 1.165) is 22.6 Å². The van der Waals surface area contributed by atoms with Crippen LogP contribution in [0.3, 0.4) is 0 Å². The number of carbonyl (C=O) groups is 2. The van der Waals surface area contributed by atoms with Gasteiger partial charge in [0.05, 0.1) is 13.7 Å². The molecule has 2 aliphatic heterocycles. The number of methoxy groups -OCH3 is 1. The summed E-state index contributed by atoms with van der Waals surface area (Å²) in [5.74, 6) is 0.409. The van der Waals surface area contributed by atoms with Crippen molar-refractivity contribution in [1.29, 1.82) is 0 Å². The third-order valence-corrected chi connectivity index (χ3v) is 5.10. The molecule has 2 aromatic rings. The molecule has 27 heavy (non-hydrogen) atoms. The molecule has 2 aliphatic rings. The van der Waals surface area contributed by atoms with Gasteiger partial charge in [-0.1, -0.05) is 18.7 Å². The molecule has 1 fully saturated rings. The number of fused-ring (bicyclic) bond motifs is 1. The quantitative estimate of drug-likeness (QED) is 0.720. The summed E-state index contributed by atoms with van der Waals surface area (Å²) in [6.07, 6.45) is 0. The fourth-order valence-corrected chi connectivity index (χ4v) is 3.66. The number of rotatable bonds is 4. The molecule has 138 valence electrons. The van der Waals surface area contributed by atoms with Gasteiger partial charge >= 0.3 is 6.03 Å². The first-order valence-corrected chi connectivity index (χ1v) is 8.47. The van der Waals surface area contributed by atoms with Crippen molar-refractivity contribution in [2.45, 2.75) is 12.1 Å². The average molecular weight is 365 g/mol. The van der Waals surface area contributed by atoms with E-state index in [1.165, 1.54) is 12.1 Å². The van der Waals surface area contributed by atoms with Crippen molar-refractivity contribution in [3.8, 4) is 11.5 Å². The van der Waals surface area contributed by atoms with Crippen molar-refractivity contribution < 1.29 is 19.4 Å². The van der Waals surface area contributed by atoms with Crippen molar-refractivity contribution in [2.75, 3.05) is 13.7 Å². The number of hydrogen-bond acceptors (Lipinski definition) is 5. The fourth-order valence-electron chi connectivity index (χ4n) is 3.66. The summed E-state index contributed by atoms with van der Waals surface area (Å²) in [7, 11) is 1.61. The van der Waals surface area contributed by atoms with E-state index in [2.05, 4.69) is 17.2 Å². The lowest BCUT2D eigenvalue weighted by Crippen LogP contribution is -2.51. The van der Waals surface area contributed by atoms with Gasteiger partial charge in [-0.25, -0.2) is 4.79 Å². The van der Waals surface area contributed by atoms with E-state index in [9.17, 15) is 14.7 Å². The van der Waals surface area contributed by atoms with Gasteiger partial charge in [0.15, 0.2) is 5.54 Å². The summed E-state index contributed by atoms with van der Waals surface area (Å²) < 4.78 is 5.28. The SMILES string of the molecule is C=C1c2ccc(OC)cc2CN1CC1(c2ccc(O)cc2)NC(=O)NC1=O. The molecule has 0 aliphatic carbocycles. The molecule has 1 atom stereocenters. The zero-order chi connectivity index (χ0) is 19.2. The highest BCUT2D eigenvalue weighted by Crippen LogP contribution is 2.37. The second-order valence-electron chi connectivity index (χ2n) is 6.69. The van der Waals surface area contributed by atoms with Crippen molar-refractivity contribution in [1.82, 2.24) is 15.5 Å². The predicted octanol–water partition coefficient (Wildman–Crippen LogP) is 1.92. The molecule has 1 saturated heterocycles. The fraction of sp³-hybridized carbons (Fsp3) is 0.200. The van der Waals surface area contributed by atoms with Crippen LogP contribution in [0.25, 0.3) is 5.70 Å². The topological polar surface area (TPSA) is 90.9 Å². The van der Waals surface area contributed by atoms with Crippen LogP contribution in [0.1, 0.15) is 16.7 Å². The second-order valence-corrected chi connectivity index (χ2v) is 6.69. The molecule has 0 aromatic heterocycles. The van der Waals surface area contributed by atoms with Crippen molar-refractivity contribution in [3.63, 3.8) is 0 Å². The van der Waals surface area contributed by atoms with E-state index in [4.69, 9.17) is 4.74 Å². The minimum absolute atomic E-state index is 0.0868. The Bertz CT molecular complexity index is 954. The number of phenols is 1. The highest BCUT2D eigenvalue weighted by atomic mass is 16.5. The number of carbonyl (C=O) groups excluding carboxylic acids is 2.